The molecule has 0 saturated carbocycles. The first-order valence-corrected chi connectivity index (χ1v) is 11.8. The van der Waals surface area contributed by atoms with Crippen molar-refractivity contribution in [3.05, 3.63) is 59.2 Å². The highest BCUT2D eigenvalue weighted by Gasteiger charge is 2.32. The van der Waals surface area contributed by atoms with E-state index in [2.05, 4.69) is 20.0 Å². The van der Waals surface area contributed by atoms with Gasteiger partial charge < -0.3 is 19.9 Å². The topological polar surface area (TPSA) is 70.2 Å². The highest BCUT2D eigenvalue weighted by atomic mass is 19.4. The summed E-state index contributed by atoms with van der Waals surface area (Å²) < 4.78 is 55.9. The van der Waals surface area contributed by atoms with E-state index in [1.165, 1.54) is 18.3 Å². The van der Waals surface area contributed by atoms with E-state index < -0.39 is 6.36 Å². The second-order valence-corrected chi connectivity index (χ2v) is 9.17. The summed E-state index contributed by atoms with van der Waals surface area (Å²) in [6.07, 6.45) is -0.296. The molecule has 5 rings (SSSR count). The number of carbonyl (C=O) groups is 1. The first-order valence-electron chi connectivity index (χ1n) is 11.8. The van der Waals surface area contributed by atoms with Gasteiger partial charge in [-0.1, -0.05) is 0 Å². The molecule has 10 heteroatoms. The number of nitrogens with one attached hydrogen (secondary N) is 2. The Bertz CT molecular complexity index is 1190. The maximum absolute atomic E-state index is 15.0. The van der Waals surface area contributed by atoms with Gasteiger partial charge in [-0.15, -0.1) is 13.2 Å². The minimum absolute atomic E-state index is 0.0521. The number of fused-ring (bicyclic) bond motifs is 1. The first kappa shape index (κ1) is 23.6. The average molecular weight is 491 g/mol. The number of pyridine rings is 1. The van der Waals surface area contributed by atoms with Crippen LogP contribution in [0.1, 0.15) is 59.1 Å². The molecule has 2 N–H and O–H groups in total. The molecule has 4 heterocycles. The average Bonchev–Trinajstić information content (AvgIpc) is 3.28. The molecule has 0 radical (unpaired) electrons. The molecule has 0 unspecified atom stereocenters. The Hall–Kier alpha value is -3.14. The number of halogens is 4. The number of amides is 1. The van der Waals surface area contributed by atoms with Crippen LogP contribution in [-0.4, -0.2) is 53.3 Å². The zero-order chi connectivity index (χ0) is 24.6. The molecule has 1 aromatic carbocycles. The first-order chi connectivity index (χ1) is 16.8. The van der Waals surface area contributed by atoms with Crippen molar-refractivity contribution in [1.82, 2.24) is 20.2 Å². The summed E-state index contributed by atoms with van der Waals surface area (Å²) >= 11 is 0. The van der Waals surface area contributed by atoms with Crippen LogP contribution in [-0.2, 0) is 0 Å². The van der Waals surface area contributed by atoms with E-state index in [0.29, 0.717) is 43.1 Å². The van der Waals surface area contributed by atoms with Crippen molar-refractivity contribution < 1.29 is 27.1 Å². The van der Waals surface area contributed by atoms with E-state index in [9.17, 15) is 22.4 Å². The number of hydrogen-bond acceptors (Lipinski definition) is 4. The molecule has 0 bridgehead atoms. The van der Waals surface area contributed by atoms with Crippen molar-refractivity contribution in [2.45, 2.75) is 43.9 Å². The van der Waals surface area contributed by atoms with Gasteiger partial charge in [0.25, 0.3) is 5.91 Å². The molecule has 6 nitrogen and oxygen atoms in total. The zero-order valence-corrected chi connectivity index (χ0v) is 19.0. The minimum Gasteiger partial charge on any atom is -0.406 e. The Labute approximate surface area is 199 Å². The fraction of sp³-hybridized carbons (Fsp3) is 0.440. The van der Waals surface area contributed by atoms with Gasteiger partial charge in [-0.05, 0) is 75.0 Å². The fourth-order valence-electron chi connectivity index (χ4n) is 5.21. The van der Waals surface area contributed by atoms with Gasteiger partial charge in [0.15, 0.2) is 0 Å². The fourth-order valence-corrected chi connectivity index (χ4v) is 5.21. The van der Waals surface area contributed by atoms with Crippen LogP contribution in [0.15, 0.2) is 36.5 Å². The summed E-state index contributed by atoms with van der Waals surface area (Å²) in [4.78, 5) is 22.2. The molecule has 2 fully saturated rings. The van der Waals surface area contributed by atoms with Gasteiger partial charge in [-0.3, -0.25) is 4.79 Å². The molecule has 1 amide bonds. The second-order valence-electron chi connectivity index (χ2n) is 9.17. The highest BCUT2D eigenvalue weighted by Crippen LogP contribution is 2.37. The van der Waals surface area contributed by atoms with E-state index in [-0.39, 0.29) is 29.0 Å². The molecule has 2 aromatic heterocycles. The number of ether oxygens (including phenoxy) is 1. The number of benzene rings is 1. The summed E-state index contributed by atoms with van der Waals surface area (Å²) in [5.41, 5.74) is 2.71. The third kappa shape index (κ3) is 5.12. The highest BCUT2D eigenvalue weighted by molar-refractivity contribution is 5.94. The molecule has 186 valence electrons. The van der Waals surface area contributed by atoms with Crippen molar-refractivity contribution in [2.75, 3.05) is 26.2 Å². The second kappa shape index (κ2) is 9.49. The number of piperidine rings is 2. The summed E-state index contributed by atoms with van der Waals surface area (Å²) in [7, 11) is 0. The Morgan fingerprint density at radius 1 is 1.03 bits per heavy atom. The molecule has 2 aliphatic rings. The van der Waals surface area contributed by atoms with E-state index in [0.717, 1.165) is 49.1 Å². The number of rotatable bonds is 4. The van der Waals surface area contributed by atoms with Crippen molar-refractivity contribution in [3.8, 4) is 5.75 Å². The molecule has 3 aromatic rings. The SMILES string of the molecule is O=C(c1ccc(OC(F)(F)F)cc1)N1CCC(c2c(F)cnc3[nH]c(C4CCNCC4)cc23)CC1. The molecular formula is C25H26F4N4O2. The normalized spacial score (nSPS) is 18.2. The van der Waals surface area contributed by atoms with Crippen LogP contribution in [0, 0.1) is 5.82 Å². The number of aromatic amines is 1. The third-order valence-corrected chi connectivity index (χ3v) is 6.98. The number of H-pyrrole nitrogens is 1. The lowest BCUT2D eigenvalue weighted by Gasteiger charge is -2.32. The summed E-state index contributed by atoms with van der Waals surface area (Å²) in [5.74, 6) is -0.631. The largest absolute Gasteiger partial charge is 0.573 e. The molecular weight excluding hydrogens is 464 g/mol. The molecule has 0 spiro atoms. The van der Waals surface area contributed by atoms with Crippen LogP contribution in [0.2, 0.25) is 0 Å². The molecule has 2 aliphatic heterocycles. The summed E-state index contributed by atoms with van der Waals surface area (Å²) in [5, 5.41) is 4.16. The smallest absolute Gasteiger partial charge is 0.406 e. The van der Waals surface area contributed by atoms with E-state index in [1.54, 1.807) is 4.90 Å². The Balaban J connectivity index is 1.28. The number of likely N-dealkylation sites (tertiary alicyclic amines) is 1. The summed E-state index contributed by atoms with van der Waals surface area (Å²) in [6, 6.07) is 6.94. The van der Waals surface area contributed by atoms with E-state index in [1.807, 2.05) is 6.07 Å². The number of nitrogens with zero attached hydrogens (tertiary/aromatic N) is 2. The Morgan fingerprint density at radius 2 is 1.71 bits per heavy atom. The quantitative estimate of drug-likeness (QED) is 0.500. The van der Waals surface area contributed by atoms with Gasteiger partial charge in [-0.2, -0.15) is 0 Å². The number of hydrogen-bond donors (Lipinski definition) is 2. The lowest BCUT2D eigenvalue weighted by molar-refractivity contribution is -0.274. The molecule has 0 aliphatic carbocycles. The Morgan fingerprint density at radius 3 is 2.37 bits per heavy atom. The lowest BCUT2D eigenvalue weighted by atomic mass is 9.87. The predicted molar refractivity (Wildman–Crippen MR) is 122 cm³/mol. The van der Waals surface area contributed by atoms with Gasteiger partial charge in [0.1, 0.15) is 17.2 Å². The van der Waals surface area contributed by atoms with Crippen LogP contribution in [0.3, 0.4) is 0 Å². The van der Waals surface area contributed by atoms with Gasteiger partial charge in [0, 0.05) is 41.2 Å². The van der Waals surface area contributed by atoms with Gasteiger partial charge >= 0.3 is 6.36 Å². The minimum atomic E-state index is -4.78. The molecule has 35 heavy (non-hydrogen) atoms. The van der Waals surface area contributed by atoms with Crippen molar-refractivity contribution >= 4 is 16.9 Å². The van der Waals surface area contributed by atoms with Crippen LogP contribution in [0.5, 0.6) is 5.75 Å². The maximum atomic E-state index is 15.0. The van der Waals surface area contributed by atoms with Crippen LogP contribution in [0.4, 0.5) is 17.6 Å². The van der Waals surface area contributed by atoms with Crippen LogP contribution in [0.25, 0.3) is 11.0 Å². The van der Waals surface area contributed by atoms with Gasteiger partial charge in [-0.25, -0.2) is 9.37 Å². The van der Waals surface area contributed by atoms with Crippen molar-refractivity contribution in [1.29, 1.82) is 0 Å². The lowest BCUT2D eigenvalue weighted by Crippen LogP contribution is -2.38. The van der Waals surface area contributed by atoms with Crippen LogP contribution < -0.4 is 10.1 Å². The van der Waals surface area contributed by atoms with E-state index in [4.69, 9.17) is 0 Å². The summed E-state index contributed by atoms with van der Waals surface area (Å²) in [6.45, 7) is 2.77. The Kier molecular flexibility index (Phi) is 6.39. The molecule has 0 atom stereocenters. The third-order valence-electron chi connectivity index (χ3n) is 6.98. The van der Waals surface area contributed by atoms with E-state index >= 15 is 0 Å². The van der Waals surface area contributed by atoms with Crippen LogP contribution >= 0.6 is 0 Å². The predicted octanol–water partition coefficient (Wildman–Crippen LogP) is 5.09. The number of alkyl halides is 3. The monoisotopic (exact) mass is 490 g/mol. The van der Waals surface area contributed by atoms with Gasteiger partial charge in [0.2, 0.25) is 0 Å². The standard InChI is InChI=1S/C25H26F4N4O2/c26-20-14-31-23-19(13-21(32-23)15-5-9-30-10-6-15)22(20)16-7-11-33(12-8-16)24(34)17-1-3-18(4-2-17)35-25(27,28)29/h1-4,13-16,30H,5-12H2,(H,31,32). The zero-order valence-electron chi connectivity index (χ0n) is 19.0. The number of aromatic nitrogens is 2. The number of carbonyl (C=O) groups excluding carboxylic acids is 1. The van der Waals surface area contributed by atoms with Gasteiger partial charge in [0.05, 0.1) is 6.20 Å². The maximum Gasteiger partial charge on any atom is 0.573 e. The van der Waals surface area contributed by atoms with Crippen molar-refractivity contribution in [3.63, 3.8) is 0 Å². The molecule has 2 saturated heterocycles. The van der Waals surface area contributed by atoms with Crippen molar-refractivity contribution in [2.24, 2.45) is 0 Å².